The van der Waals surface area contributed by atoms with Crippen molar-refractivity contribution in [2.45, 2.75) is 13.8 Å². The second-order valence-electron chi connectivity index (χ2n) is 8.77. The summed E-state index contributed by atoms with van der Waals surface area (Å²) in [5.41, 5.74) is 3.83. The van der Waals surface area contributed by atoms with E-state index in [0.717, 1.165) is 32.3 Å². The molecule has 0 aromatic heterocycles. The SMILES string of the molecule is COc1cc(/C=C2/SC(=O)N(CC(=O)Nc3ccccc3)C2=O)ccc1OCC(=O)Nc1ccc(Br)c(C)c1C. The van der Waals surface area contributed by atoms with Crippen molar-refractivity contribution in [2.24, 2.45) is 0 Å². The maximum atomic E-state index is 12.9. The van der Waals surface area contributed by atoms with Gasteiger partial charge in [0.25, 0.3) is 17.1 Å². The van der Waals surface area contributed by atoms with Crippen LogP contribution < -0.4 is 20.1 Å². The van der Waals surface area contributed by atoms with Gasteiger partial charge in [0.05, 0.1) is 12.0 Å². The maximum absolute atomic E-state index is 12.9. The van der Waals surface area contributed by atoms with Crippen molar-refractivity contribution in [1.29, 1.82) is 0 Å². The molecule has 3 aromatic carbocycles. The summed E-state index contributed by atoms with van der Waals surface area (Å²) in [4.78, 5) is 51.2. The first-order valence-electron chi connectivity index (χ1n) is 12.1. The van der Waals surface area contributed by atoms with Crippen LogP contribution in [0.1, 0.15) is 16.7 Å². The molecule has 2 N–H and O–H groups in total. The van der Waals surface area contributed by atoms with E-state index in [0.29, 0.717) is 28.4 Å². The summed E-state index contributed by atoms with van der Waals surface area (Å²) in [5, 5.41) is 4.97. The number of halogens is 1. The molecule has 0 radical (unpaired) electrons. The minimum atomic E-state index is -0.562. The summed E-state index contributed by atoms with van der Waals surface area (Å²) in [5.74, 6) is -0.691. The summed E-state index contributed by atoms with van der Waals surface area (Å²) in [7, 11) is 1.46. The quantitative estimate of drug-likeness (QED) is 0.291. The van der Waals surface area contributed by atoms with Gasteiger partial charge in [-0.05, 0) is 84.8 Å². The third kappa shape index (κ3) is 6.91. The van der Waals surface area contributed by atoms with Crippen molar-refractivity contribution in [3.8, 4) is 11.5 Å². The lowest BCUT2D eigenvalue weighted by Crippen LogP contribution is -2.36. The standard InChI is InChI=1S/C29H26BrN3O6S/c1-17-18(2)22(11-10-21(17)30)32-27(35)16-39-23-12-9-19(13-24(23)38-3)14-25-28(36)33(29(37)40-25)15-26(34)31-20-7-5-4-6-8-20/h4-14H,15-16H2,1-3H3,(H,31,34)(H,32,35)/b25-14+. The van der Waals surface area contributed by atoms with E-state index in [4.69, 9.17) is 9.47 Å². The van der Waals surface area contributed by atoms with Crippen LogP contribution in [0.4, 0.5) is 16.2 Å². The minimum absolute atomic E-state index is 0.174. The van der Waals surface area contributed by atoms with Crippen molar-refractivity contribution in [2.75, 3.05) is 30.9 Å². The number of ether oxygens (including phenoxy) is 2. The van der Waals surface area contributed by atoms with Gasteiger partial charge in [-0.3, -0.25) is 24.1 Å². The number of thioether (sulfide) groups is 1. The van der Waals surface area contributed by atoms with Crippen LogP contribution in [0, 0.1) is 13.8 Å². The molecule has 206 valence electrons. The summed E-state index contributed by atoms with van der Waals surface area (Å²) >= 11 is 4.23. The Labute approximate surface area is 244 Å². The zero-order valence-electron chi connectivity index (χ0n) is 21.9. The van der Waals surface area contributed by atoms with Crippen LogP contribution in [0.3, 0.4) is 0 Å². The van der Waals surface area contributed by atoms with Crippen LogP contribution >= 0.6 is 27.7 Å². The average Bonchev–Trinajstić information content (AvgIpc) is 3.20. The highest BCUT2D eigenvalue weighted by Crippen LogP contribution is 2.34. The Morgan fingerprint density at radius 2 is 1.70 bits per heavy atom. The normalized spacial score (nSPS) is 13.9. The van der Waals surface area contributed by atoms with E-state index >= 15 is 0 Å². The lowest BCUT2D eigenvalue weighted by molar-refractivity contribution is -0.127. The van der Waals surface area contributed by atoms with E-state index in [1.165, 1.54) is 13.2 Å². The molecule has 0 spiro atoms. The Balaban J connectivity index is 1.39. The first-order valence-corrected chi connectivity index (χ1v) is 13.7. The number of rotatable bonds is 9. The lowest BCUT2D eigenvalue weighted by atomic mass is 10.1. The highest BCUT2D eigenvalue weighted by atomic mass is 79.9. The predicted octanol–water partition coefficient (Wildman–Crippen LogP) is 5.77. The molecule has 1 fully saturated rings. The van der Waals surface area contributed by atoms with Gasteiger partial charge in [-0.2, -0.15) is 0 Å². The topological polar surface area (TPSA) is 114 Å². The second-order valence-corrected chi connectivity index (χ2v) is 10.6. The fourth-order valence-electron chi connectivity index (χ4n) is 3.80. The van der Waals surface area contributed by atoms with E-state index < -0.39 is 23.6 Å². The number of nitrogens with one attached hydrogen (secondary N) is 2. The molecular weight excluding hydrogens is 598 g/mol. The molecular formula is C29H26BrN3O6S. The van der Waals surface area contributed by atoms with Gasteiger partial charge in [0.15, 0.2) is 18.1 Å². The fourth-order valence-corrected chi connectivity index (χ4v) is 5.07. The molecule has 40 heavy (non-hydrogen) atoms. The van der Waals surface area contributed by atoms with Crippen molar-refractivity contribution < 1.29 is 28.7 Å². The zero-order chi connectivity index (χ0) is 28.8. The first-order chi connectivity index (χ1) is 19.2. The van der Waals surface area contributed by atoms with Crippen molar-refractivity contribution >= 4 is 68.1 Å². The Bertz CT molecular complexity index is 1510. The molecule has 1 saturated heterocycles. The Hall–Kier alpha value is -4.09. The van der Waals surface area contributed by atoms with Crippen LogP contribution in [0.15, 0.2) is 70.0 Å². The minimum Gasteiger partial charge on any atom is -0.493 e. The number of benzene rings is 3. The van der Waals surface area contributed by atoms with Crippen LogP contribution in [-0.4, -0.2) is 48.1 Å². The number of para-hydroxylation sites is 1. The summed E-state index contributed by atoms with van der Waals surface area (Å²) in [6.45, 7) is 3.25. The molecule has 1 aliphatic rings. The number of carbonyl (C=O) groups excluding carboxylic acids is 4. The monoisotopic (exact) mass is 623 g/mol. The molecule has 4 amide bonds. The van der Waals surface area contributed by atoms with Gasteiger partial charge in [0.2, 0.25) is 5.91 Å². The Kier molecular flexibility index (Phi) is 9.28. The molecule has 0 unspecified atom stereocenters. The van der Waals surface area contributed by atoms with E-state index in [1.54, 1.807) is 42.5 Å². The van der Waals surface area contributed by atoms with Gasteiger partial charge >= 0.3 is 0 Å². The fraction of sp³-hybridized carbons (Fsp3) is 0.172. The molecule has 0 atom stereocenters. The first kappa shape index (κ1) is 28.9. The molecule has 3 aromatic rings. The zero-order valence-corrected chi connectivity index (χ0v) is 24.4. The smallest absolute Gasteiger partial charge is 0.294 e. The number of imide groups is 1. The van der Waals surface area contributed by atoms with Crippen LogP contribution in [-0.2, 0) is 14.4 Å². The van der Waals surface area contributed by atoms with Crippen molar-refractivity contribution in [3.05, 3.63) is 86.7 Å². The molecule has 0 saturated carbocycles. The molecule has 1 heterocycles. The number of carbonyl (C=O) groups is 4. The van der Waals surface area contributed by atoms with Gasteiger partial charge < -0.3 is 20.1 Å². The number of methoxy groups -OCH3 is 1. The predicted molar refractivity (Wildman–Crippen MR) is 158 cm³/mol. The number of nitrogens with zero attached hydrogens (tertiary/aromatic N) is 1. The van der Waals surface area contributed by atoms with Gasteiger partial charge in [-0.15, -0.1) is 0 Å². The van der Waals surface area contributed by atoms with Gasteiger partial charge in [0, 0.05) is 15.8 Å². The number of amides is 4. The molecule has 0 aliphatic carbocycles. The van der Waals surface area contributed by atoms with E-state index in [-0.39, 0.29) is 17.4 Å². The maximum Gasteiger partial charge on any atom is 0.294 e. The lowest BCUT2D eigenvalue weighted by Gasteiger charge is -2.14. The highest BCUT2D eigenvalue weighted by molar-refractivity contribution is 9.10. The average molecular weight is 625 g/mol. The van der Waals surface area contributed by atoms with E-state index in [1.807, 2.05) is 32.0 Å². The molecule has 0 bridgehead atoms. The summed E-state index contributed by atoms with van der Waals surface area (Å²) < 4.78 is 12.1. The number of anilines is 2. The van der Waals surface area contributed by atoms with Crippen molar-refractivity contribution in [1.82, 2.24) is 4.90 Å². The molecule has 11 heteroatoms. The molecule has 4 rings (SSSR count). The van der Waals surface area contributed by atoms with E-state index in [9.17, 15) is 19.2 Å². The van der Waals surface area contributed by atoms with Gasteiger partial charge in [-0.25, -0.2) is 0 Å². The molecule has 1 aliphatic heterocycles. The number of hydrogen-bond donors (Lipinski definition) is 2. The summed E-state index contributed by atoms with van der Waals surface area (Å²) in [6.07, 6.45) is 1.54. The second kappa shape index (κ2) is 12.8. The highest BCUT2D eigenvalue weighted by Gasteiger charge is 2.36. The van der Waals surface area contributed by atoms with Gasteiger partial charge in [-0.1, -0.05) is 40.2 Å². The number of hydrogen-bond acceptors (Lipinski definition) is 7. The van der Waals surface area contributed by atoms with E-state index in [2.05, 4.69) is 26.6 Å². The summed E-state index contributed by atoms with van der Waals surface area (Å²) in [6, 6.07) is 17.4. The Morgan fingerprint density at radius 3 is 2.42 bits per heavy atom. The third-order valence-electron chi connectivity index (χ3n) is 6.07. The Morgan fingerprint density at radius 1 is 0.950 bits per heavy atom. The van der Waals surface area contributed by atoms with Crippen LogP contribution in [0.2, 0.25) is 0 Å². The van der Waals surface area contributed by atoms with Crippen molar-refractivity contribution in [3.63, 3.8) is 0 Å². The molecule has 9 nitrogen and oxygen atoms in total. The van der Waals surface area contributed by atoms with Gasteiger partial charge in [0.1, 0.15) is 6.54 Å². The largest absolute Gasteiger partial charge is 0.493 e. The third-order valence-corrected chi connectivity index (χ3v) is 7.84. The van der Waals surface area contributed by atoms with Crippen LogP contribution in [0.25, 0.3) is 6.08 Å². The van der Waals surface area contributed by atoms with Crippen LogP contribution in [0.5, 0.6) is 11.5 Å².